The Bertz CT molecular complexity index is 549. The summed E-state index contributed by atoms with van der Waals surface area (Å²) in [6, 6.07) is 10.2. The van der Waals surface area contributed by atoms with E-state index in [0.717, 1.165) is 31.4 Å². The van der Waals surface area contributed by atoms with E-state index in [-0.39, 0.29) is 5.97 Å². The van der Waals surface area contributed by atoms with E-state index in [2.05, 4.69) is 12.1 Å². The van der Waals surface area contributed by atoms with E-state index < -0.39 is 11.0 Å². The average Bonchev–Trinajstić information content (AvgIpc) is 2.90. The van der Waals surface area contributed by atoms with Crippen molar-refractivity contribution in [3.05, 3.63) is 47.7 Å². The van der Waals surface area contributed by atoms with Gasteiger partial charge >= 0.3 is 5.97 Å². The predicted octanol–water partition coefficient (Wildman–Crippen LogP) is 3.25. The Morgan fingerprint density at radius 1 is 1.30 bits per heavy atom. The number of ether oxygens (including phenoxy) is 2. The van der Waals surface area contributed by atoms with Crippen molar-refractivity contribution in [2.45, 2.75) is 38.2 Å². The maximum Gasteiger partial charge on any atom is 0.319 e. The molecule has 0 saturated heterocycles. The van der Waals surface area contributed by atoms with Crippen LogP contribution in [-0.4, -0.2) is 18.7 Å². The van der Waals surface area contributed by atoms with Gasteiger partial charge in [0.25, 0.3) is 0 Å². The van der Waals surface area contributed by atoms with Crippen LogP contribution in [0.1, 0.15) is 31.7 Å². The molecule has 0 unspecified atom stereocenters. The van der Waals surface area contributed by atoms with E-state index in [1.807, 2.05) is 31.2 Å². The molecule has 0 spiro atoms. The van der Waals surface area contributed by atoms with Gasteiger partial charge in [-0.25, -0.2) is 0 Å². The summed E-state index contributed by atoms with van der Waals surface area (Å²) in [4.78, 5) is 12.4. The minimum atomic E-state index is -0.609. The lowest BCUT2D eigenvalue weighted by molar-refractivity contribution is -0.159. The van der Waals surface area contributed by atoms with Crippen molar-refractivity contribution in [3.63, 3.8) is 0 Å². The summed E-state index contributed by atoms with van der Waals surface area (Å²) in [5.74, 6) is 0.675. The van der Waals surface area contributed by atoms with Gasteiger partial charge in [-0.3, -0.25) is 4.79 Å². The minimum absolute atomic E-state index is 0.164. The number of carbonyl (C=O) groups excluding carboxylic acids is 1. The Balaban J connectivity index is 2.00. The van der Waals surface area contributed by atoms with Crippen LogP contribution in [0.5, 0.6) is 0 Å². The van der Waals surface area contributed by atoms with Crippen LogP contribution in [0.25, 0.3) is 0 Å². The molecule has 3 nitrogen and oxygen atoms in total. The van der Waals surface area contributed by atoms with Crippen LogP contribution in [0.2, 0.25) is 0 Å². The van der Waals surface area contributed by atoms with Crippen LogP contribution in [0.3, 0.4) is 0 Å². The van der Waals surface area contributed by atoms with Crippen LogP contribution < -0.4 is 0 Å². The Labute approximate surface area is 119 Å². The first-order chi connectivity index (χ1) is 9.62. The van der Waals surface area contributed by atoms with E-state index in [9.17, 15) is 4.79 Å². The number of esters is 1. The molecule has 1 aromatic carbocycles. The Morgan fingerprint density at radius 3 is 2.75 bits per heavy atom. The second kappa shape index (κ2) is 4.65. The summed E-state index contributed by atoms with van der Waals surface area (Å²) in [7, 11) is 1.46. The molecule has 1 heterocycles. The number of carbonyl (C=O) groups is 1. The SMILES string of the molecule is COC(=O)[C@@]12C=C(C)O[C@]1(Cc1ccccc1)CCC2. The molecular formula is C17H20O3. The van der Waals surface area contributed by atoms with Gasteiger partial charge in [-0.15, -0.1) is 0 Å². The smallest absolute Gasteiger partial charge is 0.319 e. The highest BCUT2D eigenvalue weighted by atomic mass is 16.5. The third-order valence-electron chi connectivity index (χ3n) is 4.65. The topological polar surface area (TPSA) is 35.5 Å². The zero-order valence-electron chi connectivity index (χ0n) is 12.0. The van der Waals surface area contributed by atoms with Crippen molar-refractivity contribution >= 4 is 5.97 Å². The highest BCUT2D eigenvalue weighted by Gasteiger charge is 2.64. The predicted molar refractivity (Wildman–Crippen MR) is 76.0 cm³/mol. The first-order valence-electron chi connectivity index (χ1n) is 7.13. The monoisotopic (exact) mass is 272 g/mol. The number of fused-ring (bicyclic) bond motifs is 1. The van der Waals surface area contributed by atoms with Crippen LogP contribution in [0, 0.1) is 5.41 Å². The summed E-state index contributed by atoms with van der Waals surface area (Å²) >= 11 is 0. The van der Waals surface area contributed by atoms with Crippen molar-refractivity contribution in [1.82, 2.24) is 0 Å². The lowest BCUT2D eigenvalue weighted by Crippen LogP contribution is -2.48. The normalized spacial score (nSPS) is 31.4. The summed E-state index contributed by atoms with van der Waals surface area (Å²) in [6.45, 7) is 1.93. The van der Waals surface area contributed by atoms with Crippen molar-refractivity contribution in [2.24, 2.45) is 5.41 Å². The zero-order valence-corrected chi connectivity index (χ0v) is 12.0. The van der Waals surface area contributed by atoms with E-state index >= 15 is 0 Å². The molecule has 20 heavy (non-hydrogen) atoms. The van der Waals surface area contributed by atoms with E-state index in [0.29, 0.717) is 0 Å². The number of hydrogen-bond acceptors (Lipinski definition) is 3. The van der Waals surface area contributed by atoms with Crippen molar-refractivity contribution in [2.75, 3.05) is 7.11 Å². The minimum Gasteiger partial charge on any atom is -0.490 e. The fourth-order valence-electron chi connectivity index (χ4n) is 3.87. The highest BCUT2D eigenvalue weighted by molar-refractivity contribution is 5.82. The van der Waals surface area contributed by atoms with Crippen molar-refractivity contribution in [3.8, 4) is 0 Å². The zero-order chi connectivity index (χ0) is 14.2. The van der Waals surface area contributed by atoms with E-state index in [4.69, 9.17) is 9.47 Å². The largest absolute Gasteiger partial charge is 0.490 e. The fourth-order valence-corrected chi connectivity index (χ4v) is 3.87. The van der Waals surface area contributed by atoms with Gasteiger partial charge in [0.15, 0.2) is 0 Å². The number of methoxy groups -OCH3 is 1. The van der Waals surface area contributed by atoms with Gasteiger partial charge in [-0.05, 0) is 37.8 Å². The number of rotatable bonds is 3. The molecule has 0 aromatic heterocycles. The average molecular weight is 272 g/mol. The van der Waals surface area contributed by atoms with Gasteiger partial charge in [0.1, 0.15) is 11.0 Å². The molecule has 1 aliphatic heterocycles. The lowest BCUT2D eigenvalue weighted by Gasteiger charge is -2.37. The fraction of sp³-hybridized carbons (Fsp3) is 0.471. The van der Waals surface area contributed by atoms with Gasteiger partial charge in [-0.1, -0.05) is 30.3 Å². The molecule has 0 amide bonds. The molecule has 1 aliphatic carbocycles. The Morgan fingerprint density at radius 2 is 2.05 bits per heavy atom. The Hall–Kier alpha value is -1.77. The third kappa shape index (κ3) is 1.76. The van der Waals surface area contributed by atoms with Crippen LogP contribution >= 0.6 is 0 Å². The highest BCUT2D eigenvalue weighted by Crippen LogP contribution is 2.57. The molecule has 0 N–H and O–H groups in total. The van der Waals surface area contributed by atoms with E-state index in [1.165, 1.54) is 12.7 Å². The molecule has 0 radical (unpaired) electrons. The molecule has 106 valence electrons. The van der Waals surface area contributed by atoms with Gasteiger partial charge in [0, 0.05) is 6.42 Å². The van der Waals surface area contributed by atoms with Crippen LogP contribution in [0.15, 0.2) is 42.2 Å². The molecule has 1 aromatic rings. The van der Waals surface area contributed by atoms with Crippen molar-refractivity contribution in [1.29, 1.82) is 0 Å². The maximum absolute atomic E-state index is 12.4. The molecular weight excluding hydrogens is 252 g/mol. The summed E-state index contributed by atoms with van der Waals surface area (Å²) < 4.78 is 11.2. The molecule has 2 aliphatic rings. The first-order valence-corrected chi connectivity index (χ1v) is 7.13. The van der Waals surface area contributed by atoms with Crippen LogP contribution in [-0.2, 0) is 20.7 Å². The lowest BCUT2D eigenvalue weighted by atomic mass is 9.72. The van der Waals surface area contributed by atoms with Gasteiger partial charge in [-0.2, -0.15) is 0 Å². The molecule has 2 atom stereocenters. The second-order valence-electron chi connectivity index (χ2n) is 5.83. The van der Waals surface area contributed by atoms with Gasteiger partial charge < -0.3 is 9.47 Å². The third-order valence-corrected chi connectivity index (χ3v) is 4.65. The van der Waals surface area contributed by atoms with E-state index in [1.54, 1.807) is 0 Å². The number of hydrogen-bond donors (Lipinski definition) is 0. The molecule has 1 fully saturated rings. The molecule has 1 saturated carbocycles. The first kappa shape index (κ1) is 13.2. The molecule has 0 bridgehead atoms. The summed E-state index contributed by atoms with van der Waals surface area (Å²) in [6.07, 6.45) is 5.42. The standard InChI is InChI=1S/C17H20O3/c1-13-11-16(15(18)19-2)9-6-10-17(16,20-13)12-14-7-4-3-5-8-14/h3-5,7-8,11H,6,9-10,12H2,1-2H3/t16-,17+/m1/s1. The number of benzene rings is 1. The summed E-state index contributed by atoms with van der Waals surface area (Å²) in [5.41, 5.74) is 0.124. The van der Waals surface area contributed by atoms with Gasteiger partial charge in [0.05, 0.1) is 12.9 Å². The Kier molecular flexibility index (Phi) is 3.08. The second-order valence-corrected chi connectivity index (χ2v) is 5.83. The van der Waals surface area contributed by atoms with Crippen molar-refractivity contribution < 1.29 is 14.3 Å². The summed E-state index contributed by atoms with van der Waals surface area (Å²) in [5, 5.41) is 0. The molecule has 3 rings (SSSR count). The number of allylic oxidation sites excluding steroid dienone is 1. The van der Waals surface area contributed by atoms with Gasteiger partial charge in [0.2, 0.25) is 0 Å². The van der Waals surface area contributed by atoms with Crippen LogP contribution in [0.4, 0.5) is 0 Å². The quantitative estimate of drug-likeness (QED) is 0.792. The molecule has 3 heteroatoms. The maximum atomic E-state index is 12.4.